The largest absolute Gasteiger partial charge is 0.352 e. The molecular formula is C9H12BrN. The average Bonchev–Trinajstić information content (AvgIpc) is 2.19. The highest BCUT2D eigenvalue weighted by molar-refractivity contribution is 9.11. The Kier molecular flexibility index (Phi) is 2.55. The molecule has 0 aliphatic carbocycles. The first-order valence-electron chi connectivity index (χ1n) is 3.56. The second-order valence-corrected chi connectivity index (χ2v) is 3.21. The van der Waals surface area contributed by atoms with Crippen LogP contribution in [0, 0.1) is 13.8 Å². The summed E-state index contributed by atoms with van der Waals surface area (Å²) in [5, 5.41) is 0. The molecule has 1 rings (SSSR count). The topological polar surface area (TPSA) is 4.93 Å². The molecule has 60 valence electrons. The van der Waals surface area contributed by atoms with Gasteiger partial charge in [-0.3, -0.25) is 0 Å². The van der Waals surface area contributed by atoms with Crippen molar-refractivity contribution in [2.24, 2.45) is 7.05 Å². The summed E-state index contributed by atoms with van der Waals surface area (Å²) in [5.41, 5.74) is 3.88. The van der Waals surface area contributed by atoms with E-state index in [0.717, 1.165) is 0 Å². The molecule has 0 fully saturated rings. The molecule has 0 saturated carbocycles. The van der Waals surface area contributed by atoms with Gasteiger partial charge in [-0.1, -0.05) is 15.9 Å². The van der Waals surface area contributed by atoms with Gasteiger partial charge in [-0.15, -0.1) is 0 Å². The average molecular weight is 214 g/mol. The number of hydrogen-bond donors (Lipinski definition) is 0. The van der Waals surface area contributed by atoms with Crippen LogP contribution in [0.5, 0.6) is 0 Å². The van der Waals surface area contributed by atoms with Crippen molar-refractivity contribution in [1.82, 2.24) is 4.57 Å². The SMILES string of the molecule is Cc1cc(/C=C/Br)c(C)n1C. The highest BCUT2D eigenvalue weighted by Crippen LogP contribution is 2.14. The normalized spacial score (nSPS) is 11.3. The van der Waals surface area contributed by atoms with E-state index in [2.05, 4.69) is 53.5 Å². The van der Waals surface area contributed by atoms with Crippen molar-refractivity contribution in [3.8, 4) is 0 Å². The fourth-order valence-electron chi connectivity index (χ4n) is 1.12. The minimum atomic E-state index is 1.28. The van der Waals surface area contributed by atoms with Crippen LogP contribution in [-0.2, 0) is 7.05 Å². The highest BCUT2D eigenvalue weighted by Gasteiger charge is 2.01. The molecule has 0 atom stereocenters. The summed E-state index contributed by atoms with van der Waals surface area (Å²) >= 11 is 3.26. The van der Waals surface area contributed by atoms with Gasteiger partial charge in [0.25, 0.3) is 0 Å². The van der Waals surface area contributed by atoms with Crippen molar-refractivity contribution in [3.63, 3.8) is 0 Å². The lowest BCUT2D eigenvalue weighted by molar-refractivity contribution is 0.843. The Morgan fingerprint density at radius 3 is 2.45 bits per heavy atom. The van der Waals surface area contributed by atoms with Crippen LogP contribution >= 0.6 is 15.9 Å². The van der Waals surface area contributed by atoms with Crippen LogP contribution in [0.2, 0.25) is 0 Å². The van der Waals surface area contributed by atoms with Crippen molar-refractivity contribution >= 4 is 22.0 Å². The standard InChI is InChI=1S/C9H12BrN/c1-7-6-9(4-5-10)8(2)11(7)3/h4-6H,1-3H3/b5-4+. The van der Waals surface area contributed by atoms with Gasteiger partial charge in [0.1, 0.15) is 0 Å². The number of aromatic nitrogens is 1. The van der Waals surface area contributed by atoms with Gasteiger partial charge in [-0.2, -0.15) is 0 Å². The number of nitrogens with zero attached hydrogens (tertiary/aromatic N) is 1. The van der Waals surface area contributed by atoms with Gasteiger partial charge in [0.05, 0.1) is 0 Å². The van der Waals surface area contributed by atoms with Crippen LogP contribution in [-0.4, -0.2) is 4.57 Å². The van der Waals surface area contributed by atoms with E-state index in [4.69, 9.17) is 0 Å². The molecule has 1 aromatic heterocycles. The summed E-state index contributed by atoms with van der Waals surface area (Å²) in [4.78, 5) is 1.88. The first-order chi connectivity index (χ1) is 5.16. The molecule has 0 spiro atoms. The summed E-state index contributed by atoms with van der Waals surface area (Å²) in [5.74, 6) is 0. The third-order valence-electron chi connectivity index (χ3n) is 2.06. The van der Waals surface area contributed by atoms with Crippen LogP contribution in [0.25, 0.3) is 6.08 Å². The Hall–Kier alpha value is -0.500. The third kappa shape index (κ3) is 1.56. The quantitative estimate of drug-likeness (QED) is 0.677. The van der Waals surface area contributed by atoms with E-state index in [-0.39, 0.29) is 0 Å². The van der Waals surface area contributed by atoms with Crippen molar-refractivity contribution in [1.29, 1.82) is 0 Å². The Morgan fingerprint density at radius 1 is 1.45 bits per heavy atom. The van der Waals surface area contributed by atoms with Gasteiger partial charge in [-0.05, 0) is 36.5 Å². The summed E-state index contributed by atoms with van der Waals surface area (Å²) in [7, 11) is 2.08. The Bertz CT molecular complexity index is 284. The van der Waals surface area contributed by atoms with E-state index in [1.165, 1.54) is 17.0 Å². The molecule has 0 aromatic carbocycles. The molecule has 1 aromatic rings. The fraction of sp³-hybridized carbons (Fsp3) is 0.333. The zero-order valence-electron chi connectivity index (χ0n) is 7.06. The molecule has 0 radical (unpaired) electrons. The van der Waals surface area contributed by atoms with E-state index in [1.54, 1.807) is 0 Å². The molecule has 0 saturated heterocycles. The van der Waals surface area contributed by atoms with E-state index < -0.39 is 0 Å². The van der Waals surface area contributed by atoms with Gasteiger partial charge in [0, 0.05) is 18.4 Å². The lowest BCUT2D eigenvalue weighted by atomic mass is 10.2. The minimum Gasteiger partial charge on any atom is -0.352 e. The van der Waals surface area contributed by atoms with E-state index in [0.29, 0.717) is 0 Å². The molecule has 1 nitrogen and oxygen atoms in total. The second-order valence-electron chi connectivity index (χ2n) is 2.68. The lowest BCUT2D eigenvalue weighted by Gasteiger charge is -1.98. The molecular weight excluding hydrogens is 202 g/mol. The number of halogens is 1. The Morgan fingerprint density at radius 2 is 2.09 bits per heavy atom. The first-order valence-corrected chi connectivity index (χ1v) is 4.48. The Labute approximate surface area is 75.9 Å². The molecule has 0 bridgehead atoms. The van der Waals surface area contributed by atoms with Crippen molar-refractivity contribution < 1.29 is 0 Å². The third-order valence-corrected chi connectivity index (χ3v) is 2.32. The summed E-state index contributed by atoms with van der Waals surface area (Å²) in [6.07, 6.45) is 2.06. The molecule has 2 heteroatoms. The number of hydrogen-bond acceptors (Lipinski definition) is 0. The van der Waals surface area contributed by atoms with Gasteiger partial charge in [0.2, 0.25) is 0 Å². The maximum Gasteiger partial charge on any atom is 0.0215 e. The lowest BCUT2D eigenvalue weighted by Crippen LogP contribution is -1.92. The van der Waals surface area contributed by atoms with Crippen molar-refractivity contribution in [2.75, 3.05) is 0 Å². The van der Waals surface area contributed by atoms with Crippen LogP contribution in [0.1, 0.15) is 17.0 Å². The van der Waals surface area contributed by atoms with Crippen LogP contribution < -0.4 is 0 Å². The summed E-state index contributed by atoms with van der Waals surface area (Å²) in [6.45, 7) is 4.23. The second kappa shape index (κ2) is 3.26. The molecule has 0 unspecified atom stereocenters. The van der Waals surface area contributed by atoms with Crippen LogP contribution in [0.15, 0.2) is 11.1 Å². The van der Waals surface area contributed by atoms with E-state index in [9.17, 15) is 0 Å². The minimum absolute atomic E-state index is 1.28. The maximum absolute atomic E-state index is 3.26. The van der Waals surface area contributed by atoms with Gasteiger partial charge >= 0.3 is 0 Å². The predicted molar refractivity (Wildman–Crippen MR) is 52.8 cm³/mol. The number of rotatable bonds is 1. The zero-order valence-corrected chi connectivity index (χ0v) is 8.64. The first kappa shape index (κ1) is 8.60. The van der Waals surface area contributed by atoms with Crippen molar-refractivity contribution in [2.45, 2.75) is 13.8 Å². The van der Waals surface area contributed by atoms with Crippen LogP contribution in [0.3, 0.4) is 0 Å². The van der Waals surface area contributed by atoms with Crippen molar-refractivity contribution in [3.05, 3.63) is 28.0 Å². The van der Waals surface area contributed by atoms with Gasteiger partial charge < -0.3 is 4.57 Å². The van der Waals surface area contributed by atoms with Gasteiger partial charge in [0.15, 0.2) is 0 Å². The number of aryl methyl sites for hydroxylation is 1. The Balaban J connectivity index is 3.18. The fourth-order valence-corrected chi connectivity index (χ4v) is 1.41. The molecule has 0 aliphatic heterocycles. The summed E-state index contributed by atoms with van der Waals surface area (Å²) in [6, 6.07) is 2.17. The predicted octanol–water partition coefficient (Wildman–Crippen LogP) is 3.01. The smallest absolute Gasteiger partial charge is 0.0215 e. The monoisotopic (exact) mass is 213 g/mol. The van der Waals surface area contributed by atoms with Gasteiger partial charge in [-0.25, -0.2) is 0 Å². The molecule has 0 amide bonds. The van der Waals surface area contributed by atoms with E-state index >= 15 is 0 Å². The summed E-state index contributed by atoms with van der Waals surface area (Å²) < 4.78 is 2.18. The molecule has 0 N–H and O–H groups in total. The maximum atomic E-state index is 3.26. The van der Waals surface area contributed by atoms with E-state index in [1.807, 2.05) is 4.99 Å². The van der Waals surface area contributed by atoms with Crippen LogP contribution in [0.4, 0.5) is 0 Å². The molecule has 0 aliphatic rings. The highest BCUT2D eigenvalue weighted by atomic mass is 79.9. The molecule has 11 heavy (non-hydrogen) atoms. The zero-order chi connectivity index (χ0) is 8.43. The molecule has 1 heterocycles.